The van der Waals surface area contributed by atoms with Gasteiger partial charge in [-0.25, -0.2) is 4.79 Å². The molecule has 0 fully saturated rings. The summed E-state index contributed by atoms with van der Waals surface area (Å²) in [5, 5.41) is 15.5. The van der Waals surface area contributed by atoms with Crippen LogP contribution >= 0.6 is 0 Å². The Morgan fingerprint density at radius 2 is 2.19 bits per heavy atom. The lowest BCUT2D eigenvalue weighted by atomic mass is 10.0. The van der Waals surface area contributed by atoms with Crippen LogP contribution in [0.15, 0.2) is 18.3 Å². The van der Waals surface area contributed by atoms with E-state index in [4.69, 9.17) is 5.11 Å². The molecular formula is C11H11N3O2. The predicted molar refractivity (Wildman–Crippen MR) is 58.3 cm³/mol. The zero-order valence-corrected chi connectivity index (χ0v) is 8.98. The van der Waals surface area contributed by atoms with Crippen LogP contribution in [-0.2, 0) is 0 Å². The van der Waals surface area contributed by atoms with E-state index in [1.54, 1.807) is 13.1 Å². The van der Waals surface area contributed by atoms with E-state index in [-0.39, 0.29) is 5.69 Å². The second-order valence-corrected chi connectivity index (χ2v) is 3.53. The normalized spacial score (nSPS) is 10.4. The molecule has 16 heavy (non-hydrogen) atoms. The maximum Gasteiger partial charge on any atom is 0.354 e. The second kappa shape index (κ2) is 3.77. The van der Waals surface area contributed by atoms with E-state index < -0.39 is 5.97 Å². The summed E-state index contributed by atoms with van der Waals surface area (Å²) in [6.07, 6.45) is 1.64. The summed E-state index contributed by atoms with van der Waals surface area (Å²) >= 11 is 0. The molecule has 0 radical (unpaired) electrons. The van der Waals surface area contributed by atoms with Crippen LogP contribution in [0.25, 0.3) is 11.3 Å². The predicted octanol–water partition coefficient (Wildman–Crippen LogP) is 1.79. The van der Waals surface area contributed by atoms with E-state index in [0.29, 0.717) is 17.0 Å². The number of nitrogens with one attached hydrogen (secondary N) is 1. The van der Waals surface area contributed by atoms with Gasteiger partial charge < -0.3 is 5.11 Å². The number of aromatic carboxylic acids is 1. The van der Waals surface area contributed by atoms with E-state index in [1.165, 1.54) is 0 Å². The fourth-order valence-electron chi connectivity index (χ4n) is 1.62. The van der Waals surface area contributed by atoms with Crippen LogP contribution in [0.5, 0.6) is 0 Å². The lowest BCUT2D eigenvalue weighted by Gasteiger charge is -2.03. The SMILES string of the molecule is Cc1cccnc1-c1c(C)n[nH]c1C(=O)O. The van der Waals surface area contributed by atoms with Gasteiger partial charge >= 0.3 is 5.97 Å². The number of rotatable bonds is 2. The Hall–Kier alpha value is -2.17. The van der Waals surface area contributed by atoms with Gasteiger partial charge in [-0.2, -0.15) is 5.10 Å². The van der Waals surface area contributed by atoms with Gasteiger partial charge in [0.15, 0.2) is 5.69 Å². The van der Waals surface area contributed by atoms with Crippen molar-refractivity contribution in [2.24, 2.45) is 0 Å². The molecule has 0 spiro atoms. The highest BCUT2D eigenvalue weighted by atomic mass is 16.4. The van der Waals surface area contributed by atoms with Crippen molar-refractivity contribution in [3.63, 3.8) is 0 Å². The Morgan fingerprint density at radius 3 is 2.81 bits per heavy atom. The minimum Gasteiger partial charge on any atom is -0.477 e. The number of nitrogens with zero attached hydrogens (tertiary/aromatic N) is 2. The molecule has 0 aliphatic rings. The molecule has 0 amide bonds. The number of pyridine rings is 1. The van der Waals surface area contributed by atoms with Gasteiger partial charge in [-0.15, -0.1) is 0 Å². The van der Waals surface area contributed by atoms with Gasteiger partial charge in [-0.05, 0) is 25.5 Å². The first-order valence-electron chi connectivity index (χ1n) is 4.81. The number of aromatic nitrogens is 3. The highest BCUT2D eigenvalue weighted by Gasteiger charge is 2.19. The topological polar surface area (TPSA) is 78.9 Å². The van der Waals surface area contributed by atoms with Crippen LogP contribution in [0, 0.1) is 13.8 Å². The van der Waals surface area contributed by atoms with Crippen LogP contribution in [0.4, 0.5) is 0 Å². The Labute approximate surface area is 92.2 Å². The molecule has 0 bridgehead atoms. The van der Waals surface area contributed by atoms with Gasteiger partial charge in [0, 0.05) is 6.20 Å². The summed E-state index contributed by atoms with van der Waals surface area (Å²) in [6, 6.07) is 3.70. The summed E-state index contributed by atoms with van der Waals surface area (Å²) in [7, 11) is 0. The maximum atomic E-state index is 11.0. The molecule has 0 atom stereocenters. The molecule has 5 heteroatoms. The Balaban J connectivity index is 2.68. The highest BCUT2D eigenvalue weighted by molar-refractivity contribution is 5.94. The molecule has 0 aliphatic heterocycles. The van der Waals surface area contributed by atoms with Crippen molar-refractivity contribution in [3.8, 4) is 11.3 Å². The largest absolute Gasteiger partial charge is 0.477 e. The van der Waals surface area contributed by atoms with Crippen molar-refractivity contribution in [2.75, 3.05) is 0 Å². The molecule has 2 heterocycles. The van der Waals surface area contributed by atoms with E-state index in [0.717, 1.165) is 5.56 Å². The quantitative estimate of drug-likeness (QED) is 0.803. The van der Waals surface area contributed by atoms with Crippen molar-refractivity contribution < 1.29 is 9.90 Å². The van der Waals surface area contributed by atoms with E-state index in [2.05, 4.69) is 15.2 Å². The molecule has 2 N–H and O–H groups in total. The zero-order valence-electron chi connectivity index (χ0n) is 8.98. The van der Waals surface area contributed by atoms with Crippen molar-refractivity contribution in [2.45, 2.75) is 13.8 Å². The molecule has 0 aromatic carbocycles. The van der Waals surface area contributed by atoms with Gasteiger partial charge in [-0.3, -0.25) is 10.1 Å². The summed E-state index contributed by atoms with van der Waals surface area (Å²) in [5.74, 6) is -1.03. The summed E-state index contributed by atoms with van der Waals surface area (Å²) in [5.41, 5.74) is 2.87. The first-order valence-corrected chi connectivity index (χ1v) is 4.81. The van der Waals surface area contributed by atoms with Crippen molar-refractivity contribution in [3.05, 3.63) is 35.3 Å². The van der Waals surface area contributed by atoms with Crippen LogP contribution in [0.1, 0.15) is 21.7 Å². The smallest absolute Gasteiger partial charge is 0.354 e. The van der Waals surface area contributed by atoms with Gasteiger partial charge in [0.25, 0.3) is 0 Å². The summed E-state index contributed by atoms with van der Waals surface area (Å²) < 4.78 is 0. The van der Waals surface area contributed by atoms with E-state index in [9.17, 15) is 4.79 Å². The number of carboxylic acids is 1. The third-order valence-electron chi connectivity index (χ3n) is 2.41. The van der Waals surface area contributed by atoms with Crippen molar-refractivity contribution in [1.29, 1.82) is 0 Å². The Morgan fingerprint density at radius 1 is 1.44 bits per heavy atom. The third kappa shape index (κ3) is 1.56. The van der Waals surface area contributed by atoms with Gasteiger partial charge in [0.1, 0.15) is 0 Å². The van der Waals surface area contributed by atoms with Crippen molar-refractivity contribution in [1.82, 2.24) is 15.2 Å². The molecule has 0 saturated heterocycles. The summed E-state index contributed by atoms with van der Waals surface area (Å²) in [6.45, 7) is 3.65. The first kappa shape index (κ1) is 10.4. The average molecular weight is 217 g/mol. The third-order valence-corrected chi connectivity index (χ3v) is 2.41. The zero-order chi connectivity index (χ0) is 11.7. The Bertz CT molecular complexity index is 546. The van der Waals surface area contributed by atoms with Crippen molar-refractivity contribution >= 4 is 5.97 Å². The van der Waals surface area contributed by atoms with E-state index >= 15 is 0 Å². The minimum absolute atomic E-state index is 0.0827. The van der Waals surface area contributed by atoms with E-state index in [1.807, 2.05) is 19.1 Å². The number of hydrogen-bond donors (Lipinski definition) is 2. The molecule has 0 saturated carbocycles. The molecule has 0 unspecified atom stereocenters. The highest BCUT2D eigenvalue weighted by Crippen LogP contribution is 2.26. The molecular weight excluding hydrogens is 206 g/mol. The molecule has 0 aliphatic carbocycles. The number of H-pyrrole nitrogens is 1. The minimum atomic E-state index is -1.03. The molecule has 5 nitrogen and oxygen atoms in total. The molecule has 2 rings (SSSR count). The van der Waals surface area contributed by atoms with Gasteiger partial charge in [-0.1, -0.05) is 6.07 Å². The summed E-state index contributed by atoms with van der Waals surface area (Å²) in [4.78, 5) is 15.2. The number of aryl methyl sites for hydroxylation is 2. The Kier molecular flexibility index (Phi) is 2.44. The number of carbonyl (C=O) groups is 1. The standard InChI is InChI=1S/C11H11N3O2/c1-6-4-3-5-12-9(6)8-7(2)13-14-10(8)11(15)16/h3-5H,1-2H3,(H,13,14)(H,15,16). The average Bonchev–Trinajstić information content (AvgIpc) is 2.61. The fourth-order valence-corrected chi connectivity index (χ4v) is 1.62. The van der Waals surface area contributed by atoms with Gasteiger partial charge in [0.2, 0.25) is 0 Å². The lowest BCUT2D eigenvalue weighted by Crippen LogP contribution is -2.01. The number of carboxylic acid groups (broad SMARTS) is 1. The lowest BCUT2D eigenvalue weighted by molar-refractivity contribution is 0.0691. The van der Waals surface area contributed by atoms with Gasteiger partial charge in [0.05, 0.1) is 17.0 Å². The second-order valence-electron chi connectivity index (χ2n) is 3.53. The van der Waals surface area contributed by atoms with Crippen LogP contribution in [-0.4, -0.2) is 26.3 Å². The fraction of sp³-hybridized carbons (Fsp3) is 0.182. The monoisotopic (exact) mass is 217 g/mol. The van der Waals surface area contributed by atoms with Crippen LogP contribution < -0.4 is 0 Å². The molecule has 2 aromatic heterocycles. The molecule has 82 valence electrons. The molecule has 2 aromatic rings. The number of aromatic amines is 1. The van der Waals surface area contributed by atoms with Crippen LogP contribution in [0.2, 0.25) is 0 Å². The first-order chi connectivity index (χ1) is 7.61. The van der Waals surface area contributed by atoms with Crippen LogP contribution in [0.3, 0.4) is 0 Å². The number of hydrogen-bond acceptors (Lipinski definition) is 3. The maximum absolute atomic E-state index is 11.0.